The molecule has 1 aromatic heterocycles. The summed E-state index contributed by atoms with van der Waals surface area (Å²) in [5, 5.41) is 19.1. The van der Waals surface area contributed by atoms with E-state index in [1.165, 1.54) is 24.9 Å². The fraction of sp³-hybridized carbons (Fsp3) is 0.500. The van der Waals surface area contributed by atoms with Gasteiger partial charge < -0.3 is 14.7 Å². The molecule has 0 bridgehead atoms. The number of para-hydroxylation sites is 1. The second-order valence-electron chi connectivity index (χ2n) is 6.81. The van der Waals surface area contributed by atoms with Crippen LogP contribution in [0.3, 0.4) is 0 Å². The lowest BCUT2D eigenvalue weighted by Crippen LogP contribution is -2.43. The monoisotopic (exact) mass is 342 g/mol. The Balaban J connectivity index is 1.69. The second kappa shape index (κ2) is 6.38. The van der Waals surface area contributed by atoms with E-state index in [1.54, 1.807) is 0 Å². The van der Waals surface area contributed by atoms with Gasteiger partial charge in [0.25, 0.3) is 5.88 Å². The first kappa shape index (κ1) is 15.9. The summed E-state index contributed by atoms with van der Waals surface area (Å²) in [5.41, 5.74) is 1.71. The number of ether oxygens (including phenoxy) is 1. The van der Waals surface area contributed by atoms with Gasteiger partial charge in [0.05, 0.1) is 0 Å². The van der Waals surface area contributed by atoms with E-state index in [4.69, 9.17) is 4.74 Å². The number of nitrogens with zero attached hydrogens (tertiary/aromatic N) is 3. The molecule has 7 heteroatoms. The maximum absolute atomic E-state index is 11.3. The van der Waals surface area contributed by atoms with E-state index in [0.717, 1.165) is 37.9 Å². The van der Waals surface area contributed by atoms with E-state index in [-0.39, 0.29) is 11.6 Å². The molecule has 2 heterocycles. The zero-order valence-electron chi connectivity index (χ0n) is 14.1. The van der Waals surface area contributed by atoms with Crippen LogP contribution in [0.2, 0.25) is 0 Å². The number of hydrogen-bond acceptors (Lipinski definition) is 5. The van der Waals surface area contributed by atoms with Gasteiger partial charge in [-0.3, -0.25) is 0 Å². The lowest BCUT2D eigenvalue weighted by Gasteiger charge is -2.44. The molecule has 1 saturated carbocycles. The highest BCUT2D eigenvalue weighted by Crippen LogP contribution is 2.48. The fourth-order valence-corrected chi connectivity index (χ4v) is 3.81. The Labute approximate surface area is 146 Å². The number of benzene rings is 1. The van der Waals surface area contributed by atoms with Gasteiger partial charge in [-0.05, 0) is 44.6 Å². The minimum absolute atomic E-state index is 0.0700. The van der Waals surface area contributed by atoms with Gasteiger partial charge in [-0.2, -0.15) is 0 Å². The number of carbonyl (C=O) groups is 1. The van der Waals surface area contributed by atoms with Crippen LogP contribution in [0, 0.1) is 0 Å². The zero-order chi connectivity index (χ0) is 17.3. The molecule has 1 aliphatic heterocycles. The number of piperidine rings is 1. The van der Waals surface area contributed by atoms with Gasteiger partial charge in [0.2, 0.25) is 5.69 Å². The number of hydrogen-bond donors (Lipinski definition) is 2. The number of H-pyrrole nitrogens is 1. The third-order valence-corrected chi connectivity index (χ3v) is 5.28. The molecule has 0 amide bonds. The minimum atomic E-state index is -1.11. The Morgan fingerprint density at radius 3 is 2.60 bits per heavy atom. The van der Waals surface area contributed by atoms with Crippen molar-refractivity contribution < 1.29 is 14.6 Å². The third-order valence-electron chi connectivity index (χ3n) is 5.28. The molecule has 0 radical (unpaired) electrons. The summed E-state index contributed by atoms with van der Waals surface area (Å²) < 4.78 is 6.18. The van der Waals surface area contributed by atoms with Crippen LogP contribution in [0.25, 0.3) is 0 Å². The van der Waals surface area contributed by atoms with Crippen molar-refractivity contribution in [3.8, 4) is 5.88 Å². The van der Waals surface area contributed by atoms with Crippen LogP contribution in [0.15, 0.2) is 24.3 Å². The molecule has 0 atom stereocenters. The number of nitrogens with one attached hydrogen (secondary N) is 1. The van der Waals surface area contributed by atoms with Crippen molar-refractivity contribution >= 4 is 11.7 Å². The molecule has 0 unspecified atom stereocenters. The molecule has 1 aromatic carbocycles. The van der Waals surface area contributed by atoms with Gasteiger partial charge in [0.15, 0.2) is 0 Å². The van der Waals surface area contributed by atoms with Crippen LogP contribution < -0.4 is 9.64 Å². The Morgan fingerprint density at radius 1 is 1.16 bits per heavy atom. The molecule has 0 spiro atoms. The minimum Gasteiger partial charge on any atom is -0.476 e. The van der Waals surface area contributed by atoms with Gasteiger partial charge in [0, 0.05) is 24.3 Å². The second-order valence-corrected chi connectivity index (χ2v) is 6.81. The Bertz CT molecular complexity index is 763. The summed E-state index contributed by atoms with van der Waals surface area (Å²) in [4.78, 5) is 13.7. The molecule has 2 fully saturated rings. The Kier molecular flexibility index (Phi) is 4.07. The molecule has 7 nitrogen and oxygen atoms in total. The lowest BCUT2D eigenvalue weighted by atomic mass is 9.74. The molecule has 1 aliphatic carbocycles. The number of rotatable bonds is 5. The summed E-state index contributed by atoms with van der Waals surface area (Å²) in [6.07, 6.45) is 6.44. The maximum Gasteiger partial charge on any atom is 0.359 e. The molecular formula is C18H22N4O3. The summed E-state index contributed by atoms with van der Waals surface area (Å²) >= 11 is 0. The van der Waals surface area contributed by atoms with Crippen LogP contribution in [-0.2, 0) is 5.60 Å². The van der Waals surface area contributed by atoms with Gasteiger partial charge in [0.1, 0.15) is 5.60 Å². The average molecular weight is 342 g/mol. The Morgan fingerprint density at radius 2 is 1.92 bits per heavy atom. The summed E-state index contributed by atoms with van der Waals surface area (Å²) in [6, 6.07) is 8.32. The van der Waals surface area contributed by atoms with E-state index < -0.39 is 11.6 Å². The van der Waals surface area contributed by atoms with E-state index >= 15 is 0 Å². The number of aromatic carboxylic acids is 1. The summed E-state index contributed by atoms with van der Waals surface area (Å²) in [6.45, 7) is 2.11. The molecule has 2 N–H and O–H groups in total. The molecule has 1 saturated heterocycles. The van der Waals surface area contributed by atoms with E-state index in [1.807, 2.05) is 6.07 Å². The van der Waals surface area contributed by atoms with Gasteiger partial charge >= 0.3 is 5.97 Å². The van der Waals surface area contributed by atoms with Crippen LogP contribution in [0.1, 0.15) is 54.6 Å². The smallest absolute Gasteiger partial charge is 0.359 e. The van der Waals surface area contributed by atoms with Crippen molar-refractivity contribution in [1.29, 1.82) is 0 Å². The summed E-state index contributed by atoms with van der Waals surface area (Å²) in [7, 11) is 0. The average Bonchev–Trinajstić information content (AvgIpc) is 3.07. The van der Waals surface area contributed by atoms with Crippen molar-refractivity contribution in [2.24, 2.45) is 0 Å². The maximum atomic E-state index is 11.3. The number of aromatic nitrogens is 3. The topological polar surface area (TPSA) is 91.3 Å². The highest BCUT2D eigenvalue weighted by atomic mass is 16.5. The summed E-state index contributed by atoms with van der Waals surface area (Å²) in [5.74, 6) is -1.04. The van der Waals surface area contributed by atoms with Crippen LogP contribution in [0.4, 0.5) is 5.69 Å². The van der Waals surface area contributed by atoms with Crippen molar-refractivity contribution in [3.63, 3.8) is 0 Å². The predicted octanol–water partition coefficient (Wildman–Crippen LogP) is 2.95. The standard InChI is InChI=1S/C18H22N4O3/c23-17(24)15-16(20-21-19-15)25-18(9-6-10-18)13-7-2-3-8-14(13)22-11-4-1-5-12-22/h2-3,7-8H,1,4-6,9-12H2,(H,23,24)(H,19,20,21). The van der Waals surface area contributed by atoms with Gasteiger partial charge in [-0.15, -0.1) is 0 Å². The van der Waals surface area contributed by atoms with E-state index in [2.05, 4.69) is 38.5 Å². The zero-order valence-corrected chi connectivity index (χ0v) is 14.1. The van der Waals surface area contributed by atoms with Gasteiger partial charge in [-0.25, -0.2) is 9.89 Å². The quantitative estimate of drug-likeness (QED) is 0.868. The van der Waals surface area contributed by atoms with Crippen LogP contribution in [0.5, 0.6) is 5.88 Å². The largest absolute Gasteiger partial charge is 0.476 e. The van der Waals surface area contributed by atoms with Gasteiger partial charge in [-0.1, -0.05) is 28.5 Å². The first-order valence-corrected chi connectivity index (χ1v) is 8.87. The predicted molar refractivity (Wildman–Crippen MR) is 92.0 cm³/mol. The highest BCUT2D eigenvalue weighted by molar-refractivity contribution is 5.87. The van der Waals surface area contributed by atoms with Crippen molar-refractivity contribution in [3.05, 3.63) is 35.5 Å². The molecule has 132 valence electrons. The first-order valence-electron chi connectivity index (χ1n) is 8.87. The molecule has 25 heavy (non-hydrogen) atoms. The molecule has 2 aliphatic rings. The lowest BCUT2D eigenvalue weighted by molar-refractivity contribution is -0.0167. The van der Waals surface area contributed by atoms with Crippen molar-refractivity contribution in [2.45, 2.75) is 44.1 Å². The Hall–Kier alpha value is -2.57. The number of aromatic amines is 1. The van der Waals surface area contributed by atoms with Crippen molar-refractivity contribution in [1.82, 2.24) is 15.4 Å². The number of anilines is 1. The first-order chi connectivity index (χ1) is 12.2. The van der Waals surface area contributed by atoms with E-state index in [0.29, 0.717) is 0 Å². The molecule has 4 rings (SSSR count). The SMILES string of the molecule is O=C(O)c1[nH]nnc1OC1(c2ccccc2N2CCCCC2)CCC1. The van der Waals surface area contributed by atoms with Crippen molar-refractivity contribution in [2.75, 3.05) is 18.0 Å². The molecular weight excluding hydrogens is 320 g/mol. The molecule has 2 aromatic rings. The highest BCUT2D eigenvalue weighted by Gasteiger charge is 2.44. The third kappa shape index (κ3) is 2.83. The number of carboxylic acid groups (broad SMARTS) is 1. The normalized spacial score (nSPS) is 19.3. The van der Waals surface area contributed by atoms with E-state index in [9.17, 15) is 9.90 Å². The van der Waals surface area contributed by atoms with Crippen LogP contribution >= 0.6 is 0 Å². The number of carboxylic acids is 1. The van der Waals surface area contributed by atoms with Crippen LogP contribution in [-0.4, -0.2) is 39.6 Å². The fourth-order valence-electron chi connectivity index (χ4n) is 3.81.